The molecule has 3 atom stereocenters. The van der Waals surface area contributed by atoms with Crippen LogP contribution < -0.4 is 0 Å². The average molecular weight is 751 g/mol. The fourth-order valence-corrected chi connectivity index (χ4v) is 6.81. The highest BCUT2D eigenvalue weighted by atomic mass is 16.6. The van der Waals surface area contributed by atoms with Crippen molar-refractivity contribution in [1.82, 2.24) is 0 Å². The molecule has 6 nitrogen and oxygen atoms in total. The van der Waals surface area contributed by atoms with Crippen molar-refractivity contribution < 1.29 is 28.6 Å². The third-order valence-corrected chi connectivity index (χ3v) is 11.1. The second kappa shape index (κ2) is 38.7. The van der Waals surface area contributed by atoms with Crippen LogP contribution in [0.25, 0.3) is 0 Å². The van der Waals surface area contributed by atoms with Crippen LogP contribution >= 0.6 is 0 Å². The maximum atomic E-state index is 12.7. The lowest BCUT2D eigenvalue weighted by atomic mass is 9.99. The first kappa shape index (κ1) is 51.4. The molecule has 0 aromatic heterocycles. The van der Waals surface area contributed by atoms with Crippen molar-refractivity contribution in [1.29, 1.82) is 0 Å². The Morgan fingerprint density at radius 3 is 0.981 bits per heavy atom. The minimum absolute atomic E-state index is 0.0668. The molecule has 0 aliphatic rings. The van der Waals surface area contributed by atoms with Gasteiger partial charge in [-0.25, -0.2) is 0 Å². The topological polar surface area (TPSA) is 78.9 Å². The van der Waals surface area contributed by atoms with Crippen LogP contribution in [0.2, 0.25) is 0 Å². The van der Waals surface area contributed by atoms with Gasteiger partial charge in [0, 0.05) is 19.3 Å². The fourth-order valence-electron chi connectivity index (χ4n) is 6.81. The zero-order valence-electron chi connectivity index (χ0n) is 36.3. The quantitative estimate of drug-likeness (QED) is 0.0352. The monoisotopic (exact) mass is 751 g/mol. The molecule has 53 heavy (non-hydrogen) atoms. The minimum Gasteiger partial charge on any atom is -0.462 e. The third-order valence-electron chi connectivity index (χ3n) is 11.1. The Hall–Kier alpha value is -1.59. The van der Waals surface area contributed by atoms with Gasteiger partial charge in [-0.3, -0.25) is 14.4 Å². The van der Waals surface area contributed by atoms with E-state index < -0.39 is 6.10 Å². The Bertz CT molecular complexity index is 826. The van der Waals surface area contributed by atoms with Crippen LogP contribution in [0.4, 0.5) is 0 Å². The normalized spacial score (nSPS) is 13.2. The molecule has 0 radical (unpaired) electrons. The van der Waals surface area contributed by atoms with Gasteiger partial charge < -0.3 is 14.2 Å². The second-order valence-electron chi connectivity index (χ2n) is 17.0. The summed E-state index contributed by atoms with van der Waals surface area (Å²) in [7, 11) is 0. The van der Waals surface area contributed by atoms with E-state index in [1.54, 1.807) is 0 Å². The van der Waals surface area contributed by atoms with Gasteiger partial charge in [0.2, 0.25) is 0 Å². The molecule has 0 aliphatic carbocycles. The molecule has 0 saturated carbocycles. The van der Waals surface area contributed by atoms with E-state index in [0.29, 0.717) is 19.3 Å². The Morgan fingerprint density at radius 1 is 0.377 bits per heavy atom. The second-order valence-corrected chi connectivity index (χ2v) is 17.0. The summed E-state index contributed by atoms with van der Waals surface area (Å²) < 4.78 is 16.7. The molecular weight excluding hydrogens is 661 g/mol. The molecule has 0 fully saturated rings. The maximum absolute atomic E-state index is 12.7. The maximum Gasteiger partial charge on any atom is 0.306 e. The van der Waals surface area contributed by atoms with Gasteiger partial charge in [0.05, 0.1) is 0 Å². The SMILES string of the molecule is CCC(C)CCCCCCCCCCC(=O)OC[C@H](COC(=O)CCCCCCCCCCC(C)C)OC(=O)CCCCCCCCCCC(C)CC. The van der Waals surface area contributed by atoms with E-state index >= 15 is 0 Å². The fraction of sp³-hybridized carbons (Fsp3) is 0.936. The van der Waals surface area contributed by atoms with Crippen molar-refractivity contribution in [3.05, 3.63) is 0 Å². The molecule has 0 heterocycles. The highest BCUT2D eigenvalue weighted by Crippen LogP contribution is 2.18. The number of ether oxygens (including phenoxy) is 3. The highest BCUT2D eigenvalue weighted by Gasteiger charge is 2.19. The first-order valence-electron chi connectivity index (χ1n) is 23.2. The molecule has 0 saturated heterocycles. The van der Waals surface area contributed by atoms with E-state index in [9.17, 15) is 14.4 Å². The predicted molar refractivity (Wildman–Crippen MR) is 224 cm³/mol. The highest BCUT2D eigenvalue weighted by molar-refractivity contribution is 5.71. The molecule has 0 rings (SSSR count). The van der Waals surface area contributed by atoms with Crippen molar-refractivity contribution in [2.75, 3.05) is 13.2 Å². The van der Waals surface area contributed by atoms with Gasteiger partial charge in [-0.1, -0.05) is 208 Å². The van der Waals surface area contributed by atoms with Crippen LogP contribution in [-0.2, 0) is 28.6 Å². The zero-order valence-corrected chi connectivity index (χ0v) is 36.3. The van der Waals surface area contributed by atoms with E-state index in [-0.39, 0.29) is 31.1 Å². The minimum atomic E-state index is -0.762. The van der Waals surface area contributed by atoms with E-state index in [0.717, 1.165) is 75.5 Å². The molecule has 0 amide bonds. The number of unbranched alkanes of at least 4 members (excludes halogenated alkanes) is 21. The molecule has 0 bridgehead atoms. The van der Waals surface area contributed by atoms with E-state index in [2.05, 4.69) is 41.5 Å². The summed E-state index contributed by atoms with van der Waals surface area (Å²) in [6.07, 6.45) is 35.1. The van der Waals surface area contributed by atoms with Gasteiger partial charge >= 0.3 is 17.9 Å². The summed E-state index contributed by atoms with van der Waals surface area (Å²) in [5.74, 6) is 1.62. The van der Waals surface area contributed by atoms with Crippen molar-refractivity contribution in [3.8, 4) is 0 Å². The average Bonchev–Trinajstić information content (AvgIpc) is 3.14. The smallest absolute Gasteiger partial charge is 0.306 e. The summed E-state index contributed by atoms with van der Waals surface area (Å²) in [5, 5.41) is 0. The molecule has 0 aromatic rings. The number of esters is 3. The van der Waals surface area contributed by atoms with Crippen molar-refractivity contribution in [2.45, 2.75) is 253 Å². The van der Waals surface area contributed by atoms with Crippen molar-refractivity contribution >= 4 is 17.9 Å². The summed E-state index contributed by atoms with van der Waals surface area (Å²) in [5.41, 5.74) is 0. The van der Waals surface area contributed by atoms with Gasteiger partial charge in [-0.15, -0.1) is 0 Å². The number of hydrogen-bond donors (Lipinski definition) is 0. The molecule has 0 aromatic carbocycles. The number of rotatable bonds is 40. The Labute approximate surface area is 329 Å². The molecule has 2 unspecified atom stereocenters. The first-order chi connectivity index (χ1) is 25.7. The molecule has 0 spiro atoms. The Morgan fingerprint density at radius 2 is 0.660 bits per heavy atom. The van der Waals surface area contributed by atoms with E-state index in [1.165, 1.54) is 128 Å². The Balaban J connectivity index is 4.37. The van der Waals surface area contributed by atoms with Gasteiger partial charge in [0.15, 0.2) is 6.10 Å². The van der Waals surface area contributed by atoms with Crippen LogP contribution in [0.1, 0.15) is 247 Å². The van der Waals surface area contributed by atoms with E-state index in [1.807, 2.05) is 0 Å². The standard InChI is InChI=1S/C47H90O6/c1-7-42(5)34-28-22-16-10-13-19-25-31-37-46(49)52-40-44(39-51-45(48)36-30-24-18-12-9-15-21-27-33-41(3)4)53-47(50)38-32-26-20-14-11-17-23-29-35-43(6)8-2/h41-44H,7-40H2,1-6H3/t42?,43?,44-/m0/s1. The number of carbonyl (C=O) groups is 3. The summed E-state index contributed by atoms with van der Waals surface area (Å²) in [6.45, 7) is 13.7. The van der Waals surface area contributed by atoms with Crippen LogP contribution in [0.3, 0.4) is 0 Å². The van der Waals surface area contributed by atoms with Crippen LogP contribution in [-0.4, -0.2) is 37.2 Å². The third kappa shape index (κ3) is 38.5. The largest absolute Gasteiger partial charge is 0.462 e. The molecular formula is C47H90O6. The zero-order chi connectivity index (χ0) is 39.2. The number of carbonyl (C=O) groups excluding carboxylic acids is 3. The predicted octanol–water partition coefficient (Wildman–Crippen LogP) is 14.4. The summed E-state index contributed by atoms with van der Waals surface area (Å²) in [4.78, 5) is 37.7. The Kier molecular flexibility index (Phi) is 37.5. The lowest BCUT2D eigenvalue weighted by molar-refractivity contribution is -0.167. The summed E-state index contributed by atoms with van der Waals surface area (Å²) in [6, 6.07) is 0. The molecule has 0 N–H and O–H groups in total. The van der Waals surface area contributed by atoms with E-state index in [4.69, 9.17) is 14.2 Å². The lowest BCUT2D eigenvalue weighted by Crippen LogP contribution is -2.30. The molecule has 6 heteroatoms. The van der Waals surface area contributed by atoms with Gasteiger partial charge in [0.1, 0.15) is 13.2 Å². The van der Waals surface area contributed by atoms with Crippen LogP contribution in [0.5, 0.6) is 0 Å². The molecule has 0 aliphatic heterocycles. The molecule has 314 valence electrons. The van der Waals surface area contributed by atoms with Gasteiger partial charge in [0.25, 0.3) is 0 Å². The van der Waals surface area contributed by atoms with Gasteiger partial charge in [-0.2, -0.15) is 0 Å². The van der Waals surface area contributed by atoms with Crippen molar-refractivity contribution in [2.24, 2.45) is 17.8 Å². The first-order valence-corrected chi connectivity index (χ1v) is 23.2. The van der Waals surface area contributed by atoms with Crippen LogP contribution in [0, 0.1) is 17.8 Å². The van der Waals surface area contributed by atoms with Gasteiger partial charge in [-0.05, 0) is 37.0 Å². The van der Waals surface area contributed by atoms with Crippen LogP contribution in [0.15, 0.2) is 0 Å². The summed E-state index contributed by atoms with van der Waals surface area (Å²) >= 11 is 0. The van der Waals surface area contributed by atoms with Crippen molar-refractivity contribution in [3.63, 3.8) is 0 Å². The number of hydrogen-bond acceptors (Lipinski definition) is 6. The lowest BCUT2D eigenvalue weighted by Gasteiger charge is -2.18.